The van der Waals surface area contributed by atoms with Gasteiger partial charge in [-0.15, -0.1) is 0 Å². The Labute approximate surface area is 155 Å². The number of benzene rings is 2. The molecule has 1 N–H and O–H groups in total. The van der Waals surface area contributed by atoms with Gasteiger partial charge in [0, 0.05) is 11.6 Å². The molecule has 0 saturated carbocycles. The summed E-state index contributed by atoms with van der Waals surface area (Å²) < 4.78 is 13.1. The van der Waals surface area contributed by atoms with Crippen molar-refractivity contribution in [1.29, 1.82) is 0 Å². The maximum Gasteiger partial charge on any atom is 0.324 e. The Morgan fingerprint density at radius 3 is 2.00 bits per heavy atom. The number of rotatable bonds is 3. The van der Waals surface area contributed by atoms with Crippen LogP contribution in [-0.2, 0) is 0 Å². The minimum absolute atomic E-state index is 0.205. The van der Waals surface area contributed by atoms with E-state index in [-0.39, 0.29) is 5.82 Å². The van der Waals surface area contributed by atoms with Crippen molar-refractivity contribution < 1.29 is 24.3 Å². The van der Waals surface area contributed by atoms with Gasteiger partial charge >= 0.3 is 11.4 Å². The highest BCUT2D eigenvalue weighted by atomic mass is 19.1. The van der Waals surface area contributed by atoms with Gasteiger partial charge in [-0.05, 0) is 30.7 Å². The van der Waals surface area contributed by atoms with Crippen LogP contribution in [0.4, 0.5) is 21.5 Å². The summed E-state index contributed by atoms with van der Waals surface area (Å²) in [6.07, 6.45) is 1.68. The number of phenolic OH excluding ortho intramolecular Hbond substituents is 1. The first-order valence-corrected chi connectivity index (χ1v) is 7.43. The standard InChI is InChI=1S/C10H8FN.C6H3N3O7/c1-7-4-5-9(11)8-3-2-6-12-10(7)8;10-6-4(8(13)14)1-3(7(11)12)2-5(6)9(15)16/h2-6H,1H3;1-2,10H. The van der Waals surface area contributed by atoms with Gasteiger partial charge in [0.25, 0.3) is 11.4 Å². The lowest BCUT2D eigenvalue weighted by molar-refractivity contribution is -0.404. The van der Waals surface area contributed by atoms with E-state index >= 15 is 0 Å². The Bertz CT molecular complexity index is 1030. The summed E-state index contributed by atoms with van der Waals surface area (Å²) in [5, 5.41) is 40.8. The molecule has 0 aliphatic heterocycles. The number of nitrogens with zero attached hydrogens (tertiary/aromatic N) is 4. The second kappa shape index (κ2) is 7.99. The van der Waals surface area contributed by atoms with E-state index in [9.17, 15) is 34.7 Å². The first-order chi connectivity index (χ1) is 13.1. The number of halogens is 1. The SMILES string of the molecule is Cc1ccc(F)c2cccnc12.O=[N+]([O-])c1cc([N+](=O)[O-])c(O)c([N+](=O)[O-])c1. The molecule has 0 unspecified atom stereocenters. The van der Waals surface area contributed by atoms with Crippen molar-refractivity contribution >= 4 is 28.0 Å². The molecule has 0 bridgehead atoms. The number of hydrogen-bond acceptors (Lipinski definition) is 8. The molecule has 3 aromatic rings. The fourth-order valence-electron chi connectivity index (χ4n) is 2.25. The number of aryl methyl sites for hydroxylation is 1. The molecule has 0 saturated heterocycles. The number of non-ortho nitro benzene ring substituents is 1. The number of pyridine rings is 1. The molecule has 0 atom stereocenters. The number of hydrogen-bond donors (Lipinski definition) is 1. The number of nitro benzene ring substituents is 3. The van der Waals surface area contributed by atoms with Crippen molar-refractivity contribution in [3.05, 3.63) is 84.3 Å². The molecule has 0 aliphatic rings. The highest BCUT2D eigenvalue weighted by molar-refractivity contribution is 5.81. The van der Waals surface area contributed by atoms with Crippen molar-refractivity contribution in [3.8, 4) is 5.75 Å². The number of nitro groups is 3. The van der Waals surface area contributed by atoms with Gasteiger partial charge in [0.15, 0.2) is 0 Å². The molecular weight excluding hydrogens is 379 g/mol. The van der Waals surface area contributed by atoms with Crippen LogP contribution >= 0.6 is 0 Å². The molecule has 2 aromatic carbocycles. The molecule has 0 radical (unpaired) electrons. The lowest BCUT2D eigenvalue weighted by Gasteiger charge is -2.00. The van der Waals surface area contributed by atoms with Gasteiger partial charge in [-0.25, -0.2) is 4.39 Å². The Hall–Kier alpha value is -4.22. The molecule has 3 rings (SSSR count). The summed E-state index contributed by atoms with van der Waals surface area (Å²) >= 11 is 0. The molecule has 0 amide bonds. The number of phenols is 1. The van der Waals surface area contributed by atoms with Crippen molar-refractivity contribution in [2.75, 3.05) is 0 Å². The van der Waals surface area contributed by atoms with Crippen LogP contribution < -0.4 is 0 Å². The van der Waals surface area contributed by atoms with Crippen LogP contribution in [0.1, 0.15) is 5.56 Å². The molecule has 12 heteroatoms. The van der Waals surface area contributed by atoms with Crippen LogP contribution in [-0.4, -0.2) is 24.9 Å². The second-order valence-electron chi connectivity index (χ2n) is 5.37. The third-order valence-corrected chi connectivity index (χ3v) is 3.58. The summed E-state index contributed by atoms with van der Waals surface area (Å²) in [6, 6.07) is 7.59. The number of aromatic nitrogens is 1. The molecule has 0 aliphatic carbocycles. The van der Waals surface area contributed by atoms with Crippen LogP contribution in [0, 0.1) is 43.1 Å². The number of fused-ring (bicyclic) bond motifs is 1. The Kier molecular flexibility index (Phi) is 5.73. The predicted molar refractivity (Wildman–Crippen MR) is 94.5 cm³/mol. The van der Waals surface area contributed by atoms with E-state index < -0.39 is 37.6 Å². The molecule has 144 valence electrons. The van der Waals surface area contributed by atoms with Gasteiger partial charge in [0.1, 0.15) is 5.82 Å². The van der Waals surface area contributed by atoms with E-state index in [4.69, 9.17) is 5.11 Å². The first kappa shape index (κ1) is 20.1. The van der Waals surface area contributed by atoms with E-state index in [0.29, 0.717) is 17.5 Å². The van der Waals surface area contributed by atoms with E-state index in [0.717, 1.165) is 11.1 Å². The molecular formula is C16H11FN4O7. The second-order valence-corrected chi connectivity index (χ2v) is 5.37. The van der Waals surface area contributed by atoms with Crippen molar-refractivity contribution in [3.63, 3.8) is 0 Å². The zero-order valence-corrected chi connectivity index (χ0v) is 14.1. The monoisotopic (exact) mass is 390 g/mol. The summed E-state index contributed by atoms with van der Waals surface area (Å²) in [5.41, 5.74) is -1.25. The van der Waals surface area contributed by atoms with Gasteiger partial charge in [0.2, 0.25) is 0 Å². The fraction of sp³-hybridized carbons (Fsp3) is 0.0625. The minimum Gasteiger partial charge on any atom is -0.497 e. The first-order valence-electron chi connectivity index (χ1n) is 7.43. The zero-order chi connectivity index (χ0) is 21.0. The van der Waals surface area contributed by atoms with Crippen molar-refractivity contribution in [1.82, 2.24) is 4.98 Å². The van der Waals surface area contributed by atoms with Gasteiger partial charge < -0.3 is 5.11 Å². The van der Waals surface area contributed by atoms with E-state index in [1.807, 2.05) is 6.92 Å². The van der Waals surface area contributed by atoms with Gasteiger partial charge in [0.05, 0.1) is 32.4 Å². The van der Waals surface area contributed by atoms with Crippen LogP contribution in [0.3, 0.4) is 0 Å². The largest absolute Gasteiger partial charge is 0.497 e. The third kappa shape index (κ3) is 4.12. The molecule has 0 fully saturated rings. The highest BCUT2D eigenvalue weighted by Crippen LogP contribution is 2.38. The predicted octanol–water partition coefficient (Wildman–Crippen LogP) is 3.80. The van der Waals surface area contributed by atoms with Crippen LogP contribution in [0.25, 0.3) is 10.9 Å². The average molecular weight is 390 g/mol. The number of aromatic hydroxyl groups is 1. The quantitative estimate of drug-likeness (QED) is 0.521. The normalized spacial score (nSPS) is 10.1. The Balaban J connectivity index is 0.000000207. The van der Waals surface area contributed by atoms with Crippen LogP contribution in [0.5, 0.6) is 5.75 Å². The van der Waals surface area contributed by atoms with E-state index in [1.54, 1.807) is 24.4 Å². The summed E-state index contributed by atoms with van der Waals surface area (Å²) in [5.74, 6) is -1.41. The average Bonchev–Trinajstić information content (AvgIpc) is 2.65. The lowest BCUT2D eigenvalue weighted by atomic mass is 10.1. The highest BCUT2D eigenvalue weighted by Gasteiger charge is 2.30. The maximum atomic E-state index is 13.1. The van der Waals surface area contributed by atoms with Crippen LogP contribution in [0.15, 0.2) is 42.6 Å². The zero-order valence-electron chi connectivity index (χ0n) is 14.1. The van der Waals surface area contributed by atoms with E-state index in [2.05, 4.69) is 4.98 Å². The fourth-order valence-corrected chi connectivity index (χ4v) is 2.25. The van der Waals surface area contributed by atoms with Gasteiger partial charge in [-0.2, -0.15) is 0 Å². The van der Waals surface area contributed by atoms with Crippen LogP contribution in [0.2, 0.25) is 0 Å². The molecule has 1 aromatic heterocycles. The van der Waals surface area contributed by atoms with Crippen molar-refractivity contribution in [2.24, 2.45) is 0 Å². The Morgan fingerprint density at radius 1 is 0.964 bits per heavy atom. The third-order valence-electron chi connectivity index (χ3n) is 3.58. The Morgan fingerprint density at radius 2 is 1.54 bits per heavy atom. The smallest absolute Gasteiger partial charge is 0.324 e. The molecule has 0 spiro atoms. The topological polar surface area (TPSA) is 163 Å². The summed E-state index contributed by atoms with van der Waals surface area (Å²) in [7, 11) is 0. The van der Waals surface area contributed by atoms with Crippen molar-refractivity contribution in [2.45, 2.75) is 6.92 Å². The molecule has 1 heterocycles. The molecule has 28 heavy (non-hydrogen) atoms. The molecule has 11 nitrogen and oxygen atoms in total. The minimum atomic E-state index is -1.21. The summed E-state index contributed by atoms with van der Waals surface area (Å²) in [6.45, 7) is 1.93. The van der Waals surface area contributed by atoms with E-state index in [1.165, 1.54) is 6.07 Å². The summed E-state index contributed by atoms with van der Waals surface area (Å²) in [4.78, 5) is 31.9. The lowest BCUT2D eigenvalue weighted by Crippen LogP contribution is -1.97. The maximum absolute atomic E-state index is 13.1. The van der Waals surface area contributed by atoms with Gasteiger partial charge in [-0.1, -0.05) is 6.07 Å². The van der Waals surface area contributed by atoms with Gasteiger partial charge in [-0.3, -0.25) is 35.3 Å².